The van der Waals surface area contributed by atoms with E-state index in [-0.39, 0.29) is 6.10 Å². The van der Waals surface area contributed by atoms with E-state index < -0.39 is 0 Å². The zero-order chi connectivity index (χ0) is 16.4. The highest BCUT2D eigenvalue weighted by Gasteiger charge is 2.23. The van der Waals surface area contributed by atoms with Crippen molar-refractivity contribution in [1.82, 2.24) is 15.0 Å². The first-order valence-electron chi connectivity index (χ1n) is 8.43. The lowest BCUT2D eigenvalue weighted by atomic mass is 10.1. The Hall–Kier alpha value is -2.18. The fourth-order valence-corrected chi connectivity index (χ4v) is 3.49. The Labute approximate surface area is 140 Å². The number of piperidine rings is 1. The fraction of sp³-hybridized carbons (Fsp3) is 0.444. The molecule has 0 spiro atoms. The average Bonchev–Trinajstić information content (AvgIpc) is 3.11. The molecule has 0 amide bonds. The number of rotatable bonds is 5. The van der Waals surface area contributed by atoms with Crippen LogP contribution in [0, 0.1) is 0 Å². The summed E-state index contributed by atoms with van der Waals surface area (Å²) in [7, 11) is 1.70. The van der Waals surface area contributed by atoms with Gasteiger partial charge in [0.05, 0.1) is 31.0 Å². The van der Waals surface area contributed by atoms with Gasteiger partial charge < -0.3 is 19.4 Å². The summed E-state index contributed by atoms with van der Waals surface area (Å²) in [5.74, 6) is 0. The van der Waals surface area contributed by atoms with Gasteiger partial charge in [0.25, 0.3) is 0 Å². The Bertz CT molecular complexity index is 832. The van der Waals surface area contributed by atoms with E-state index in [1.165, 1.54) is 11.1 Å². The van der Waals surface area contributed by atoms with Crippen LogP contribution >= 0.6 is 0 Å². The molecule has 24 heavy (non-hydrogen) atoms. The summed E-state index contributed by atoms with van der Waals surface area (Å²) in [6.07, 6.45) is 8.12. The SMILES string of the molecule is COCCOC1CCCN(c2ccnc3cnc4[nH]ccc4c23)C1. The zero-order valence-corrected chi connectivity index (χ0v) is 13.9. The van der Waals surface area contributed by atoms with Gasteiger partial charge in [-0.3, -0.25) is 4.98 Å². The van der Waals surface area contributed by atoms with Gasteiger partial charge in [-0.15, -0.1) is 0 Å². The first-order valence-corrected chi connectivity index (χ1v) is 8.43. The summed E-state index contributed by atoms with van der Waals surface area (Å²) in [6.45, 7) is 3.23. The highest BCUT2D eigenvalue weighted by atomic mass is 16.5. The molecule has 1 fully saturated rings. The van der Waals surface area contributed by atoms with Crippen LogP contribution in [0.4, 0.5) is 5.69 Å². The molecule has 4 rings (SSSR count). The predicted molar refractivity (Wildman–Crippen MR) is 94.5 cm³/mol. The molecule has 0 bridgehead atoms. The summed E-state index contributed by atoms with van der Waals surface area (Å²) in [6, 6.07) is 4.18. The molecule has 0 saturated carbocycles. The molecule has 1 saturated heterocycles. The summed E-state index contributed by atoms with van der Waals surface area (Å²) >= 11 is 0. The number of aromatic nitrogens is 3. The lowest BCUT2D eigenvalue weighted by molar-refractivity contribution is 0.0111. The molecule has 3 aromatic rings. The van der Waals surface area contributed by atoms with Gasteiger partial charge in [0.2, 0.25) is 0 Å². The van der Waals surface area contributed by atoms with Crippen molar-refractivity contribution in [3.63, 3.8) is 0 Å². The van der Waals surface area contributed by atoms with Crippen molar-refractivity contribution in [2.24, 2.45) is 0 Å². The van der Waals surface area contributed by atoms with E-state index in [4.69, 9.17) is 9.47 Å². The van der Waals surface area contributed by atoms with Gasteiger partial charge in [-0.1, -0.05) is 0 Å². The summed E-state index contributed by atoms with van der Waals surface area (Å²) in [5.41, 5.74) is 3.05. The van der Waals surface area contributed by atoms with Gasteiger partial charge >= 0.3 is 0 Å². The minimum absolute atomic E-state index is 0.251. The number of H-pyrrole nitrogens is 1. The van der Waals surface area contributed by atoms with Gasteiger partial charge in [0.1, 0.15) is 5.65 Å². The number of nitrogens with zero attached hydrogens (tertiary/aromatic N) is 3. The van der Waals surface area contributed by atoms with E-state index in [9.17, 15) is 0 Å². The van der Waals surface area contributed by atoms with Crippen LogP contribution in [0.3, 0.4) is 0 Å². The van der Waals surface area contributed by atoms with Gasteiger partial charge in [-0.25, -0.2) is 4.98 Å². The third-order valence-corrected chi connectivity index (χ3v) is 4.63. The van der Waals surface area contributed by atoms with Crippen molar-refractivity contribution in [1.29, 1.82) is 0 Å². The molecule has 1 aliphatic rings. The molecule has 0 aromatic carbocycles. The first kappa shape index (κ1) is 15.4. The predicted octanol–water partition coefficient (Wildman–Crippen LogP) is 2.74. The molecule has 126 valence electrons. The van der Waals surface area contributed by atoms with Crippen LogP contribution in [0.1, 0.15) is 12.8 Å². The molecule has 4 heterocycles. The number of ether oxygens (including phenoxy) is 2. The fourth-order valence-electron chi connectivity index (χ4n) is 3.49. The Morgan fingerprint density at radius 2 is 2.25 bits per heavy atom. The van der Waals surface area contributed by atoms with Gasteiger partial charge in [0.15, 0.2) is 0 Å². The molecule has 1 atom stereocenters. The summed E-state index contributed by atoms with van der Waals surface area (Å²) < 4.78 is 11.0. The van der Waals surface area contributed by atoms with Crippen LogP contribution in [0.15, 0.2) is 30.7 Å². The molecular formula is C18H22N4O2. The van der Waals surface area contributed by atoms with E-state index in [1.807, 2.05) is 18.6 Å². The number of methoxy groups -OCH3 is 1. The van der Waals surface area contributed by atoms with Crippen molar-refractivity contribution in [2.75, 3.05) is 38.3 Å². The van der Waals surface area contributed by atoms with Gasteiger partial charge in [0, 0.05) is 49.1 Å². The number of hydrogen-bond donors (Lipinski definition) is 1. The van der Waals surface area contributed by atoms with Crippen LogP contribution in [-0.4, -0.2) is 54.5 Å². The first-order chi connectivity index (χ1) is 11.9. The molecule has 6 nitrogen and oxygen atoms in total. The molecular weight excluding hydrogens is 304 g/mol. The lowest BCUT2D eigenvalue weighted by Crippen LogP contribution is -2.40. The van der Waals surface area contributed by atoms with Gasteiger partial charge in [-0.05, 0) is 25.0 Å². The molecule has 3 aromatic heterocycles. The number of aromatic amines is 1. The van der Waals surface area contributed by atoms with Crippen molar-refractivity contribution in [2.45, 2.75) is 18.9 Å². The normalized spacial score (nSPS) is 18.5. The van der Waals surface area contributed by atoms with E-state index in [1.54, 1.807) is 7.11 Å². The van der Waals surface area contributed by atoms with Gasteiger partial charge in [-0.2, -0.15) is 0 Å². The van der Waals surface area contributed by atoms with Crippen molar-refractivity contribution in [3.8, 4) is 0 Å². The summed E-state index contributed by atoms with van der Waals surface area (Å²) in [5, 5.41) is 2.29. The van der Waals surface area contributed by atoms with E-state index in [0.717, 1.165) is 42.5 Å². The maximum Gasteiger partial charge on any atom is 0.138 e. The number of fused-ring (bicyclic) bond motifs is 3. The highest BCUT2D eigenvalue weighted by molar-refractivity contribution is 6.09. The number of anilines is 1. The second kappa shape index (κ2) is 6.75. The Morgan fingerprint density at radius 3 is 3.17 bits per heavy atom. The van der Waals surface area contributed by atoms with Crippen molar-refractivity contribution >= 4 is 27.6 Å². The summed E-state index contributed by atoms with van der Waals surface area (Å²) in [4.78, 5) is 14.5. The Kier molecular flexibility index (Phi) is 4.32. The average molecular weight is 326 g/mol. The number of pyridine rings is 2. The molecule has 0 aliphatic carbocycles. The Morgan fingerprint density at radius 1 is 1.29 bits per heavy atom. The molecule has 1 unspecified atom stereocenters. The second-order valence-electron chi connectivity index (χ2n) is 6.16. The minimum atomic E-state index is 0.251. The quantitative estimate of drug-likeness (QED) is 0.731. The molecule has 1 aliphatic heterocycles. The van der Waals surface area contributed by atoms with Crippen LogP contribution in [0.25, 0.3) is 21.9 Å². The van der Waals surface area contributed by atoms with Crippen LogP contribution in [-0.2, 0) is 9.47 Å². The molecule has 1 N–H and O–H groups in total. The molecule has 0 radical (unpaired) electrons. The molecule has 6 heteroatoms. The van der Waals surface area contributed by atoms with Crippen LogP contribution in [0.2, 0.25) is 0 Å². The standard InChI is InChI=1S/C18H22N4O2/c1-23-9-10-24-13-3-2-8-22(12-13)16-5-7-19-15-11-21-18-14(17(15)16)4-6-20-18/h4-7,11,13H,2-3,8-10,12H2,1H3,(H,20,21). The Balaban J connectivity index is 1.67. The zero-order valence-electron chi connectivity index (χ0n) is 13.9. The van der Waals surface area contributed by atoms with E-state index >= 15 is 0 Å². The third kappa shape index (κ3) is 2.83. The highest BCUT2D eigenvalue weighted by Crippen LogP contribution is 2.32. The monoisotopic (exact) mass is 326 g/mol. The third-order valence-electron chi connectivity index (χ3n) is 4.63. The minimum Gasteiger partial charge on any atom is -0.382 e. The topological polar surface area (TPSA) is 63.3 Å². The maximum atomic E-state index is 5.96. The van der Waals surface area contributed by atoms with Crippen LogP contribution in [0.5, 0.6) is 0 Å². The van der Waals surface area contributed by atoms with E-state index in [0.29, 0.717) is 13.2 Å². The maximum absolute atomic E-state index is 5.96. The second-order valence-corrected chi connectivity index (χ2v) is 6.16. The van der Waals surface area contributed by atoms with E-state index in [2.05, 4.69) is 32.0 Å². The van der Waals surface area contributed by atoms with Crippen molar-refractivity contribution < 1.29 is 9.47 Å². The number of hydrogen-bond acceptors (Lipinski definition) is 5. The number of nitrogens with one attached hydrogen (secondary N) is 1. The lowest BCUT2D eigenvalue weighted by Gasteiger charge is -2.35. The smallest absolute Gasteiger partial charge is 0.138 e. The van der Waals surface area contributed by atoms with Crippen LogP contribution < -0.4 is 4.90 Å². The van der Waals surface area contributed by atoms with Crippen molar-refractivity contribution in [3.05, 3.63) is 30.7 Å². The largest absolute Gasteiger partial charge is 0.382 e.